The number of carbonyl (C=O) groups is 2. The van der Waals surface area contributed by atoms with Gasteiger partial charge in [0, 0.05) is 6.42 Å². The number of nitrogens with one attached hydrogen (secondary N) is 1. The summed E-state index contributed by atoms with van der Waals surface area (Å²) in [6, 6.07) is -1.05. The highest BCUT2D eigenvalue weighted by atomic mass is 16.7. The molecule has 11 nitrogen and oxygen atoms in total. The fraction of sp³-hybridized carbons (Fsp3) is 0.627. The van der Waals surface area contributed by atoms with Gasteiger partial charge in [0.05, 0.1) is 25.4 Å². The third kappa shape index (κ3) is 34.4. The van der Waals surface area contributed by atoms with Crippen molar-refractivity contribution in [3.63, 3.8) is 0 Å². The molecule has 0 spiro atoms. The van der Waals surface area contributed by atoms with E-state index in [4.69, 9.17) is 14.2 Å². The van der Waals surface area contributed by atoms with Crippen molar-refractivity contribution in [1.29, 1.82) is 0 Å². The van der Waals surface area contributed by atoms with Crippen molar-refractivity contribution in [3.05, 3.63) is 122 Å². The summed E-state index contributed by atoms with van der Waals surface area (Å²) in [7, 11) is 0. The maximum Gasteiger partial charge on any atom is 0.306 e. The van der Waals surface area contributed by atoms with E-state index in [1.807, 2.05) is 91.1 Å². The number of hydrogen-bond donors (Lipinski definition) is 6. The van der Waals surface area contributed by atoms with E-state index in [9.17, 15) is 35.1 Å². The molecule has 8 unspecified atom stereocenters. The number of allylic oxidation sites excluding steroid dienone is 19. The highest BCUT2D eigenvalue weighted by molar-refractivity contribution is 5.80. The predicted octanol–water partition coefficient (Wildman–Crippen LogP) is 11.5. The molecule has 1 fully saturated rings. The molecule has 0 aromatic rings. The highest BCUT2D eigenvalue weighted by Crippen LogP contribution is 2.26. The maximum absolute atomic E-state index is 13.3. The molecule has 0 aromatic carbocycles. The van der Waals surface area contributed by atoms with Gasteiger partial charge in [0.1, 0.15) is 24.4 Å². The largest absolute Gasteiger partial charge is 0.454 e. The normalized spacial score (nSPS) is 20.7. The first-order valence-electron chi connectivity index (χ1n) is 26.9. The minimum atomic E-state index is -1.64. The van der Waals surface area contributed by atoms with Crippen LogP contribution in [-0.4, -0.2) is 99.6 Å². The van der Waals surface area contributed by atoms with Crippen LogP contribution in [0.5, 0.6) is 0 Å². The number of hydrogen-bond acceptors (Lipinski definition) is 10. The standard InChI is InChI=1S/C59H95NO10/c1-4-7-10-13-16-19-22-25-26-27-28-29-32-35-38-41-44-47-54(64)70-57-56(66)55(65)53(48-61)69-59(57)68-49-50(51(62)45-42-39-36-33-30-23-20-17-14-11-8-5-2)60-58(67)52(63)46-43-40-37-34-31-24-21-18-15-12-9-6-3/h7,9-10,12-13,15-16,18-19,21-22,24-29,32,42,45,50-53,55-57,59,61-63,65-66H,4-6,8,11,14,17,20,23,30-31,33-41,43-44,46-49H2,1-3H3,(H,60,67)/b10-7-,12-9+,16-13+,18-15+,22-19+,24-21-,26-25-,28-27+,32-29+,45-42+. The lowest BCUT2D eigenvalue weighted by molar-refractivity contribution is -0.305. The Hall–Kier alpha value is -3.94. The van der Waals surface area contributed by atoms with Crippen LogP contribution in [0.25, 0.3) is 0 Å². The first kappa shape index (κ1) is 64.1. The number of amides is 1. The number of aliphatic hydroxyl groups is 5. The Labute approximate surface area is 423 Å². The minimum Gasteiger partial charge on any atom is -0.454 e. The van der Waals surface area contributed by atoms with Crippen LogP contribution in [0.1, 0.15) is 175 Å². The summed E-state index contributed by atoms with van der Waals surface area (Å²) in [4.78, 5) is 26.4. The zero-order valence-electron chi connectivity index (χ0n) is 43.3. The SMILES string of the molecule is CC\C=C/C=C/C=C/C=C\C=C\C=C\CCCCCC(=O)OC1C(OCC(NC(=O)C(O)CCCCCC\C=C/C=C/C=C/CC)C(O)/C=C/CCCCCCCCCCCC)OC(CO)C(O)C1O. The van der Waals surface area contributed by atoms with Crippen LogP contribution >= 0.6 is 0 Å². The van der Waals surface area contributed by atoms with E-state index in [0.29, 0.717) is 12.8 Å². The van der Waals surface area contributed by atoms with Gasteiger partial charge in [0.2, 0.25) is 5.91 Å². The van der Waals surface area contributed by atoms with E-state index in [0.717, 1.165) is 83.5 Å². The molecule has 1 aliphatic rings. The summed E-state index contributed by atoms with van der Waals surface area (Å²) >= 11 is 0. The van der Waals surface area contributed by atoms with Crippen LogP contribution < -0.4 is 5.32 Å². The molecule has 8 atom stereocenters. The van der Waals surface area contributed by atoms with Gasteiger partial charge >= 0.3 is 5.97 Å². The molecule has 0 radical (unpaired) electrons. The van der Waals surface area contributed by atoms with Gasteiger partial charge in [-0.2, -0.15) is 0 Å². The number of ether oxygens (including phenoxy) is 3. The molecule has 0 bridgehead atoms. The molecule has 0 aliphatic carbocycles. The lowest BCUT2D eigenvalue weighted by Crippen LogP contribution is -2.61. The van der Waals surface area contributed by atoms with Crippen molar-refractivity contribution in [2.45, 2.75) is 224 Å². The third-order valence-corrected chi connectivity index (χ3v) is 11.8. The van der Waals surface area contributed by atoms with Crippen molar-refractivity contribution in [2.75, 3.05) is 13.2 Å². The number of esters is 1. The van der Waals surface area contributed by atoms with E-state index >= 15 is 0 Å². The fourth-order valence-corrected chi connectivity index (χ4v) is 7.56. The molecule has 11 heteroatoms. The number of unbranched alkanes of at least 4 members (excludes halogenated alkanes) is 17. The second kappa shape index (κ2) is 46.2. The molecule has 1 rings (SSSR count). The average molecular weight is 978 g/mol. The van der Waals surface area contributed by atoms with Crippen LogP contribution in [0, 0.1) is 0 Å². The molecule has 70 heavy (non-hydrogen) atoms. The van der Waals surface area contributed by atoms with E-state index in [-0.39, 0.29) is 19.4 Å². The summed E-state index contributed by atoms with van der Waals surface area (Å²) in [5.74, 6) is -1.28. The van der Waals surface area contributed by atoms with Crippen LogP contribution in [-0.2, 0) is 23.8 Å². The Bertz CT molecular complexity index is 1590. The van der Waals surface area contributed by atoms with Gasteiger partial charge < -0.3 is 45.1 Å². The van der Waals surface area contributed by atoms with Crippen molar-refractivity contribution in [1.82, 2.24) is 5.32 Å². The lowest BCUT2D eigenvalue weighted by Gasteiger charge is -2.41. The van der Waals surface area contributed by atoms with Gasteiger partial charge in [-0.15, -0.1) is 0 Å². The molecule has 1 aliphatic heterocycles. The first-order valence-corrected chi connectivity index (χ1v) is 26.9. The quantitative estimate of drug-likeness (QED) is 0.0149. The van der Waals surface area contributed by atoms with Gasteiger partial charge in [-0.3, -0.25) is 9.59 Å². The maximum atomic E-state index is 13.3. The lowest BCUT2D eigenvalue weighted by atomic mass is 9.99. The van der Waals surface area contributed by atoms with E-state index in [1.54, 1.807) is 6.08 Å². The molecule has 6 N–H and O–H groups in total. The molecule has 0 aromatic heterocycles. The molecular formula is C59H95NO10. The first-order chi connectivity index (χ1) is 34.2. The molecule has 0 saturated carbocycles. The average Bonchev–Trinajstić information content (AvgIpc) is 3.36. The predicted molar refractivity (Wildman–Crippen MR) is 287 cm³/mol. The van der Waals surface area contributed by atoms with Crippen LogP contribution in [0.3, 0.4) is 0 Å². The van der Waals surface area contributed by atoms with Crippen LogP contribution in [0.15, 0.2) is 122 Å². The Morgan fingerprint density at radius 2 is 1.03 bits per heavy atom. The van der Waals surface area contributed by atoms with E-state index in [1.165, 1.54) is 44.9 Å². The molecule has 1 heterocycles. The molecular weight excluding hydrogens is 883 g/mol. The Kier molecular flexibility index (Phi) is 42.2. The van der Waals surface area contributed by atoms with Crippen molar-refractivity contribution in [3.8, 4) is 0 Å². The molecule has 396 valence electrons. The van der Waals surface area contributed by atoms with E-state index in [2.05, 4.69) is 50.4 Å². The van der Waals surface area contributed by atoms with Gasteiger partial charge in [0.15, 0.2) is 12.4 Å². The van der Waals surface area contributed by atoms with Gasteiger partial charge in [-0.25, -0.2) is 0 Å². The summed E-state index contributed by atoms with van der Waals surface area (Å²) in [5, 5.41) is 56.6. The second-order valence-corrected chi connectivity index (χ2v) is 18.1. The Balaban J connectivity index is 2.82. The summed E-state index contributed by atoms with van der Waals surface area (Å²) in [6.07, 6.45) is 52.4. The van der Waals surface area contributed by atoms with Crippen molar-refractivity contribution in [2.24, 2.45) is 0 Å². The molecule has 1 amide bonds. The van der Waals surface area contributed by atoms with Gasteiger partial charge in [0.25, 0.3) is 0 Å². The number of rotatable bonds is 42. The zero-order chi connectivity index (χ0) is 51.1. The fourth-order valence-electron chi connectivity index (χ4n) is 7.56. The Morgan fingerprint density at radius 1 is 0.571 bits per heavy atom. The summed E-state index contributed by atoms with van der Waals surface area (Å²) < 4.78 is 17.5. The van der Waals surface area contributed by atoms with Gasteiger partial charge in [-0.05, 0) is 64.2 Å². The van der Waals surface area contributed by atoms with Crippen molar-refractivity contribution < 1.29 is 49.3 Å². The minimum absolute atomic E-state index is 0.0619. The second-order valence-electron chi connectivity index (χ2n) is 18.1. The third-order valence-electron chi connectivity index (χ3n) is 11.8. The van der Waals surface area contributed by atoms with Crippen LogP contribution in [0.2, 0.25) is 0 Å². The summed E-state index contributed by atoms with van der Waals surface area (Å²) in [6.45, 7) is 5.42. The highest BCUT2D eigenvalue weighted by Gasteiger charge is 2.47. The Morgan fingerprint density at radius 3 is 1.54 bits per heavy atom. The molecule has 1 saturated heterocycles. The van der Waals surface area contributed by atoms with Crippen LogP contribution in [0.4, 0.5) is 0 Å². The topological polar surface area (TPSA) is 175 Å². The number of carbonyl (C=O) groups excluding carboxylic acids is 2. The summed E-state index contributed by atoms with van der Waals surface area (Å²) in [5.41, 5.74) is 0. The van der Waals surface area contributed by atoms with Crippen molar-refractivity contribution >= 4 is 11.9 Å². The number of aliphatic hydroxyl groups excluding tert-OH is 5. The monoisotopic (exact) mass is 978 g/mol. The zero-order valence-corrected chi connectivity index (χ0v) is 43.3. The smallest absolute Gasteiger partial charge is 0.306 e. The van der Waals surface area contributed by atoms with Gasteiger partial charge in [-0.1, -0.05) is 226 Å². The van der Waals surface area contributed by atoms with E-state index < -0.39 is 67.4 Å².